The van der Waals surface area contributed by atoms with Crippen LogP contribution in [0.4, 0.5) is 30.4 Å². The summed E-state index contributed by atoms with van der Waals surface area (Å²) in [5.41, 5.74) is 0.974. The molecule has 0 radical (unpaired) electrons. The lowest BCUT2D eigenvalue weighted by Gasteiger charge is -2.25. The first-order valence-corrected chi connectivity index (χ1v) is 10.1. The molecule has 11 heteroatoms. The average molecular weight is 476 g/mol. The second kappa shape index (κ2) is 10.7. The molecule has 34 heavy (non-hydrogen) atoms. The lowest BCUT2D eigenvalue weighted by atomic mass is 10.1. The Kier molecular flexibility index (Phi) is 7.77. The molecule has 0 aliphatic rings. The molecule has 0 fully saturated rings. The summed E-state index contributed by atoms with van der Waals surface area (Å²) in [5, 5.41) is 13.5. The smallest absolute Gasteiger partial charge is 0.405 e. The van der Waals surface area contributed by atoms with Gasteiger partial charge in [0.05, 0.1) is 19.1 Å². The van der Waals surface area contributed by atoms with Crippen LogP contribution in [0.2, 0.25) is 0 Å². The van der Waals surface area contributed by atoms with Crippen LogP contribution in [0.15, 0.2) is 60.8 Å². The van der Waals surface area contributed by atoms with Crippen molar-refractivity contribution >= 4 is 17.2 Å². The zero-order valence-corrected chi connectivity index (χ0v) is 18.5. The number of pyridine rings is 1. The van der Waals surface area contributed by atoms with Crippen molar-refractivity contribution in [3.63, 3.8) is 0 Å². The molecule has 3 rings (SSSR count). The number of nitrogens with zero attached hydrogens (tertiary/aromatic N) is 3. The van der Waals surface area contributed by atoms with Crippen molar-refractivity contribution in [1.29, 1.82) is 0 Å². The maximum Gasteiger partial charge on any atom is 0.405 e. The highest BCUT2D eigenvalue weighted by atomic mass is 19.4. The van der Waals surface area contributed by atoms with E-state index in [-0.39, 0.29) is 11.5 Å². The molecule has 0 aliphatic heterocycles. The van der Waals surface area contributed by atoms with E-state index in [0.717, 1.165) is 17.3 Å². The summed E-state index contributed by atoms with van der Waals surface area (Å²) < 4.78 is 48.6. The van der Waals surface area contributed by atoms with Crippen molar-refractivity contribution in [2.24, 2.45) is 0 Å². The van der Waals surface area contributed by atoms with E-state index in [1.165, 1.54) is 6.07 Å². The molecule has 0 saturated heterocycles. The predicted octanol–water partition coefficient (Wildman–Crippen LogP) is 5.19. The fraction of sp³-hybridized carbons (Fsp3) is 0.261. The van der Waals surface area contributed by atoms with E-state index < -0.39 is 23.3 Å². The van der Waals surface area contributed by atoms with Crippen LogP contribution in [0.3, 0.4) is 0 Å². The maximum atomic E-state index is 12.8. The molecule has 0 atom stereocenters. The fourth-order valence-electron chi connectivity index (χ4n) is 3.21. The van der Waals surface area contributed by atoms with Gasteiger partial charge in [-0.25, -0.2) is 4.98 Å². The van der Waals surface area contributed by atoms with Crippen LogP contribution < -0.4 is 19.7 Å². The lowest BCUT2D eigenvalue weighted by Crippen LogP contribution is -2.24. The summed E-state index contributed by atoms with van der Waals surface area (Å²) >= 11 is 0. The number of nitrogens with one attached hydrogen (secondary N) is 1. The van der Waals surface area contributed by atoms with Gasteiger partial charge < -0.3 is 19.7 Å². The van der Waals surface area contributed by atoms with E-state index >= 15 is 0 Å². The van der Waals surface area contributed by atoms with Crippen LogP contribution in [0.25, 0.3) is 0 Å². The van der Waals surface area contributed by atoms with E-state index in [2.05, 4.69) is 10.3 Å². The number of anilines is 2. The van der Waals surface area contributed by atoms with Crippen molar-refractivity contribution in [1.82, 2.24) is 4.98 Å². The molecular formula is C23H23F3N4O4. The average Bonchev–Trinajstić information content (AvgIpc) is 2.82. The number of ether oxygens (including phenoxy) is 2. The molecule has 3 aromatic rings. The first-order valence-electron chi connectivity index (χ1n) is 10.1. The number of aromatic nitrogens is 1. The van der Waals surface area contributed by atoms with Gasteiger partial charge in [-0.1, -0.05) is 24.3 Å². The lowest BCUT2D eigenvalue weighted by molar-refractivity contribution is -0.384. The molecule has 1 heterocycles. The molecule has 0 unspecified atom stereocenters. The molecule has 0 aliphatic carbocycles. The second-order valence-electron chi connectivity index (χ2n) is 7.34. The van der Waals surface area contributed by atoms with Crippen molar-refractivity contribution in [3.05, 3.63) is 82.0 Å². The van der Waals surface area contributed by atoms with Crippen molar-refractivity contribution in [3.8, 4) is 11.5 Å². The number of halogens is 3. The first-order chi connectivity index (χ1) is 16.2. The Hall–Kier alpha value is -4.02. The zero-order valence-electron chi connectivity index (χ0n) is 18.5. The number of benzene rings is 2. The summed E-state index contributed by atoms with van der Waals surface area (Å²) in [5.74, 6) is 1.64. The molecule has 0 bridgehead atoms. The Bertz CT molecular complexity index is 1060. The predicted molar refractivity (Wildman–Crippen MR) is 121 cm³/mol. The van der Waals surface area contributed by atoms with E-state index in [4.69, 9.17) is 9.47 Å². The molecule has 0 spiro atoms. The van der Waals surface area contributed by atoms with Gasteiger partial charge in [0.15, 0.2) is 0 Å². The van der Waals surface area contributed by atoms with Gasteiger partial charge in [-0.3, -0.25) is 10.1 Å². The third kappa shape index (κ3) is 6.74. The molecular weight excluding hydrogens is 453 g/mol. The van der Waals surface area contributed by atoms with Crippen molar-refractivity contribution in [2.75, 3.05) is 31.0 Å². The monoisotopic (exact) mass is 476 g/mol. The largest absolute Gasteiger partial charge is 0.497 e. The van der Waals surface area contributed by atoms with Crippen molar-refractivity contribution in [2.45, 2.75) is 19.3 Å². The van der Waals surface area contributed by atoms with Gasteiger partial charge in [-0.2, -0.15) is 13.2 Å². The number of methoxy groups -OCH3 is 2. The number of alkyl halides is 3. The summed E-state index contributed by atoms with van der Waals surface area (Å²) in [6, 6.07) is 15.9. The van der Waals surface area contributed by atoms with Gasteiger partial charge in [-0.15, -0.1) is 0 Å². The van der Waals surface area contributed by atoms with Crippen LogP contribution in [0.1, 0.15) is 11.1 Å². The maximum absolute atomic E-state index is 12.8. The molecule has 1 aromatic heterocycles. The van der Waals surface area contributed by atoms with Crippen LogP contribution in [-0.2, 0) is 13.1 Å². The van der Waals surface area contributed by atoms with Crippen LogP contribution in [0, 0.1) is 10.1 Å². The fourth-order valence-corrected chi connectivity index (χ4v) is 3.21. The molecule has 8 nitrogen and oxygen atoms in total. The Morgan fingerprint density at radius 2 is 1.47 bits per heavy atom. The molecule has 180 valence electrons. The molecule has 1 N–H and O–H groups in total. The van der Waals surface area contributed by atoms with Gasteiger partial charge in [0.1, 0.15) is 35.7 Å². The van der Waals surface area contributed by atoms with Gasteiger partial charge in [0, 0.05) is 19.2 Å². The third-order valence-corrected chi connectivity index (χ3v) is 4.93. The van der Waals surface area contributed by atoms with Crippen molar-refractivity contribution < 1.29 is 27.6 Å². The Balaban J connectivity index is 1.96. The van der Waals surface area contributed by atoms with Gasteiger partial charge >= 0.3 is 11.9 Å². The first kappa shape index (κ1) is 24.6. The molecule has 0 saturated carbocycles. The van der Waals surface area contributed by atoms with Gasteiger partial charge in [-0.05, 0) is 35.4 Å². The third-order valence-electron chi connectivity index (χ3n) is 4.93. The number of rotatable bonds is 10. The van der Waals surface area contributed by atoms with Crippen LogP contribution in [0.5, 0.6) is 11.5 Å². The highest BCUT2D eigenvalue weighted by Crippen LogP contribution is 2.30. The zero-order chi connectivity index (χ0) is 24.7. The standard InChI is InChI=1S/C23H23F3N4O4/c1-33-18-7-3-16(4-8-18)13-29(14-17-5-9-19(34-2)10-6-17)22-11-20(28-15-23(24,25)26)21(12-27-22)30(31)32/h3-12H,13-15H2,1-2H3,(H,27,28). The van der Waals surface area contributed by atoms with Crippen LogP contribution >= 0.6 is 0 Å². The van der Waals surface area contributed by atoms with E-state index in [9.17, 15) is 23.3 Å². The Morgan fingerprint density at radius 1 is 0.971 bits per heavy atom. The van der Waals surface area contributed by atoms with E-state index in [1.54, 1.807) is 38.5 Å². The number of hydrogen-bond acceptors (Lipinski definition) is 7. The molecule has 0 amide bonds. The normalized spacial score (nSPS) is 11.1. The molecule has 2 aromatic carbocycles. The number of hydrogen-bond donors (Lipinski definition) is 1. The summed E-state index contributed by atoms with van der Waals surface area (Å²) in [4.78, 5) is 16.6. The minimum absolute atomic E-state index is 0.262. The minimum atomic E-state index is -4.54. The van der Waals surface area contributed by atoms with E-state index in [0.29, 0.717) is 24.6 Å². The van der Waals surface area contributed by atoms with Crippen LogP contribution in [-0.4, -0.2) is 36.8 Å². The number of nitro groups is 1. The Labute approximate surface area is 194 Å². The summed E-state index contributed by atoms with van der Waals surface area (Å²) in [6.07, 6.45) is -3.58. The topological polar surface area (TPSA) is 89.8 Å². The Morgan fingerprint density at radius 3 is 1.88 bits per heavy atom. The highest BCUT2D eigenvalue weighted by molar-refractivity contribution is 5.66. The SMILES string of the molecule is COc1ccc(CN(Cc2ccc(OC)cc2)c2cc(NCC(F)(F)F)c([N+](=O)[O-])cn2)cc1. The van der Waals surface area contributed by atoms with Gasteiger partial charge in [0.2, 0.25) is 0 Å². The second-order valence-corrected chi connectivity index (χ2v) is 7.34. The summed E-state index contributed by atoms with van der Waals surface area (Å²) in [7, 11) is 3.11. The minimum Gasteiger partial charge on any atom is -0.497 e. The van der Waals surface area contributed by atoms with E-state index in [1.807, 2.05) is 29.2 Å². The summed E-state index contributed by atoms with van der Waals surface area (Å²) in [6.45, 7) is -0.715. The quantitative estimate of drug-likeness (QED) is 0.318. The van der Waals surface area contributed by atoms with Gasteiger partial charge in [0.25, 0.3) is 0 Å². The highest BCUT2D eigenvalue weighted by Gasteiger charge is 2.29.